The number of aromatic carboxylic acids is 1. The van der Waals surface area contributed by atoms with Crippen molar-refractivity contribution in [3.8, 4) is 0 Å². The van der Waals surface area contributed by atoms with Gasteiger partial charge in [-0.25, -0.2) is 4.79 Å². The Balaban J connectivity index is 2.57. The quantitative estimate of drug-likeness (QED) is 0.641. The normalized spacial score (nSPS) is 11.4. The molecule has 0 saturated heterocycles. The second-order valence-electron chi connectivity index (χ2n) is 5.97. The average Bonchev–Trinajstić information content (AvgIpc) is 2.36. The van der Waals surface area contributed by atoms with E-state index in [-0.39, 0.29) is 11.0 Å². The lowest BCUT2D eigenvalue weighted by molar-refractivity contribution is 0.0696. The topological polar surface area (TPSA) is 49.3 Å². The van der Waals surface area contributed by atoms with Gasteiger partial charge in [-0.2, -0.15) is 0 Å². The summed E-state index contributed by atoms with van der Waals surface area (Å²) in [5.74, 6) is -0.914. The van der Waals surface area contributed by atoms with E-state index in [1.165, 1.54) is 25.7 Å². The van der Waals surface area contributed by atoms with E-state index in [1.54, 1.807) is 6.07 Å². The van der Waals surface area contributed by atoms with Crippen LogP contribution >= 0.6 is 15.9 Å². The van der Waals surface area contributed by atoms with Crippen molar-refractivity contribution >= 4 is 27.6 Å². The summed E-state index contributed by atoms with van der Waals surface area (Å²) < 4.78 is 0.610. The largest absolute Gasteiger partial charge is 0.478 e. The Bertz CT molecular complexity index is 458. The third-order valence-electron chi connectivity index (χ3n) is 3.43. The summed E-state index contributed by atoms with van der Waals surface area (Å²) in [6.07, 6.45) is 4.98. The smallest absolute Gasteiger partial charge is 0.336 e. The van der Waals surface area contributed by atoms with E-state index in [9.17, 15) is 4.79 Å². The van der Waals surface area contributed by atoms with E-state index in [4.69, 9.17) is 5.11 Å². The third kappa shape index (κ3) is 5.53. The summed E-state index contributed by atoms with van der Waals surface area (Å²) in [7, 11) is 0. The molecule has 0 amide bonds. The third-order valence-corrected chi connectivity index (χ3v) is 4.08. The van der Waals surface area contributed by atoms with Crippen LogP contribution < -0.4 is 5.32 Å². The molecule has 0 saturated carbocycles. The van der Waals surface area contributed by atoms with Gasteiger partial charge in [-0.3, -0.25) is 0 Å². The first kappa shape index (κ1) is 17.0. The van der Waals surface area contributed by atoms with Crippen molar-refractivity contribution < 1.29 is 9.90 Å². The van der Waals surface area contributed by atoms with Gasteiger partial charge >= 0.3 is 5.97 Å². The maximum Gasteiger partial charge on any atom is 0.336 e. The van der Waals surface area contributed by atoms with Gasteiger partial charge in [-0.05, 0) is 46.0 Å². The fourth-order valence-corrected chi connectivity index (χ4v) is 2.63. The predicted molar refractivity (Wildman–Crippen MR) is 87.5 cm³/mol. The number of halogens is 1. The minimum absolute atomic E-state index is 0.243. The molecule has 0 unspecified atom stereocenters. The first-order chi connectivity index (χ1) is 9.35. The van der Waals surface area contributed by atoms with Gasteiger partial charge in [0.15, 0.2) is 0 Å². The van der Waals surface area contributed by atoms with Crippen LogP contribution in [0, 0.1) is 5.41 Å². The Hall–Kier alpha value is -1.03. The SMILES string of the molecule is CCCCCC(C)(C)CNc1ccc(C(=O)O)c(Br)c1. The zero-order chi connectivity index (χ0) is 15.2. The van der Waals surface area contributed by atoms with Gasteiger partial charge in [0.2, 0.25) is 0 Å². The zero-order valence-electron chi connectivity index (χ0n) is 12.5. The Labute approximate surface area is 129 Å². The monoisotopic (exact) mass is 341 g/mol. The van der Waals surface area contributed by atoms with Crippen LogP contribution in [0.5, 0.6) is 0 Å². The van der Waals surface area contributed by atoms with Gasteiger partial charge < -0.3 is 10.4 Å². The van der Waals surface area contributed by atoms with Crippen LogP contribution in [0.3, 0.4) is 0 Å². The minimum atomic E-state index is -0.914. The van der Waals surface area contributed by atoms with Gasteiger partial charge in [0.05, 0.1) is 5.56 Å². The molecule has 112 valence electrons. The van der Waals surface area contributed by atoms with Gasteiger partial charge in [0.25, 0.3) is 0 Å². The molecule has 20 heavy (non-hydrogen) atoms. The molecule has 1 rings (SSSR count). The maximum absolute atomic E-state index is 10.9. The molecule has 0 fully saturated rings. The summed E-state index contributed by atoms with van der Waals surface area (Å²) in [4.78, 5) is 10.9. The van der Waals surface area contributed by atoms with Gasteiger partial charge in [-0.1, -0.05) is 40.0 Å². The fraction of sp³-hybridized carbons (Fsp3) is 0.562. The molecule has 0 heterocycles. The number of hydrogen-bond acceptors (Lipinski definition) is 2. The molecule has 4 heteroatoms. The van der Waals surface area contributed by atoms with E-state index in [1.807, 2.05) is 12.1 Å². The van der Waals surface area contributed by atoms with E-state index in [0.29, 0.717) is 4.47 Å². The van der Waals surface area contributed by atoms with Crippen LogP contribution in [-0.2, 0) is 0 Å². The highest BCUT2D eigenvalue weighted by Crippen LogP contribution is 2.26. The summed E-state index contributed by atoms with van der Waals surface area (Å²) in [6.45, 7) is 7.62. The molecule has 0 atom stereocenters. The lowest BCUT2D eigenvalue weighted by Gasteiger charge is -2.25. The number of rotatable bonds is 8. The molecule has 0 spiro atoms. The highest BCUT2D eigenvalue weighted by molar-refractivity contribution is 9.10. The summed E-state index contributed by atoms with van der Waals surface area (Å²) in [5.41, 5.74) is 1.48. The number of anilines is 1. The maximum atomic E-state index is 10.9. The summed E-state index contributed by atoms with van der Waals surface area (Å²) >= 11 is 3.30. The van der Waals surface area contributed by atoms with Crippen LogP contribution in [0.2, 0.25) is 0 Å². The lowest BCUT2D eigenvalue weighted by Crippen LogP contribution is -2.23. The molecule has 0 bridgehead atoms. The van der Waals surface area contributed by atoms with Gasteiger partial charge in [-0.15, -0.1) is 0 Å². The molecule has 1 aromatic rings. The molecule has 0 aliphatic heterocycles. The number of carbonyl (C=O) groups is 1. The Morgan fingerprint density at radius 1 is 1.35 bits per heavy atom. The van der Waals surface area contributed by atoms with Crippen LogP contribution in [0.1, 0.15) is 56.8 Å². The number of carboxylic acid groups (broad SMARTS) is 1. The fourth-order valence-electron chi connectivity index (χ4n) is 2.08. The first-order valence-electron chi connectivity index (χ1n) is 7.12. The zero-order valence-corrected chi connectivity index (χ0v) is 14.1. The van der Waals surface area contributed by atoms with Crippen molar-refractivity contribution in [3.63, 3.8) is 0 Å². The Morgan fingerprint density at radius 2 is 2.05 bits per heavy atom. The lowest BCUT2D eigenvalue weighted by atomic mass is 9.87. The molecule has 1 aromatic carbocycles. The van der Waals surface area contributed by atoms with Crippen molar-refractivity contribution in [1.29, 1.82) is 0 Å². The number of benzene rings is 1. The molecular formula is C16H24BrNO2. The molecular weight excluding hydrogens is 318 g/mol. The van der Waals surface area contributed by atoms with Crippen molar-refractivity contribution in [2.45, 2.75) is 46.5 Å². The van der Waals surface area contributed by atoms with E-state index in [0.717, 1.165) is 12.2 Å². The van der Waals surface area contributed by atoms with Crippen molar-refractivity contribution in [1.82, 2.24) is 0 Å². The molecule has 0 aromatic heterocycles. The molecule has 0 aliphatic carbocycles. The molecule has 2 N–H and O–H groups in total. The first-order valence-corrected chi connectivity index (χ1v) is 7.92. The highest BCUT2D eigenvalue weighted by Gasteiger charge is 2.17. The second-order valence-corrected chi connectivity index (χ2v) is 6.83. The predicted octanol–water partition coefficient (Wildman–Crippen LogP) is 5.17. The Kier molecular flexibility index (Phi) is 6.53. The van der Waals surface area contributed by atoms with E-state index >= 15 is 0 Å². The standard InChI is InChI=1S/C16H24BrNO2/c1-4-5-6-9-16(2,3)11-18-12-7-8-13(15(19)20)14(17)10-12/h7-8,10,18H,4-6,9,11H2,1-3H3,(H,19,20). The van der Waals surface area contributed by atoms with E-state index < -0.39 is 5.97 Å². The highest BCUT2D eigenvalue weighted by atomic mass is 79.9. The molecule has 0 radical (unpaired) electrons. The second kappa shape index (κ2) is 7.67. The van der Waals surface area contributed by atoms with Crippen LogP contribution in [0.25, 0.3) is 0 Å². The van der Waals surface area contributed by atoms with Crippen LogP contribution in [0.4, 0.5) is 5.69 Å². The minimum Gasteiger partial charge on any atom is -0.478 e. The number of hydrogen-bond donors (Lipinski definition) is 2. The van der Waals surface area contributed by atoms with Gasteiger partial charge in [0.1, 0.15) is 0 Å². The number of nitrogens with one attached hydrogen (secondary N) is 1. The van der Waals surface area contributed by atoms with Gasteiger partial charge in [0, 0.05) is 16.7 Å². The molecule has 3 nitrogen and oxygen atoms in total. The van der Waals surface area contributed by atoms with Crippen LogP contribution in [-0.4, -0.2) is 17.6 Å². The number of unbranched alkanes of at least 4 members (excludes halogenated alkanes) is 2. The van der Waals surface area contributed by atoms with Crippen molar-refractivity contribution in [2.75, 3.05) is 11.9 Å². The summed E-state index contributed by atoms with van der Waals surface area (Å²) in [6, 6.07) is 5.26. The molecule has 0 aliphatic rings. The number of carboxylic acids is 1. The van der Waals surface area contributed by atoms with Crippen molar-refractivity contribution in [3.05, 3.63) is 28.2 Å². The summed E-state index contributed by atoms with van der Waals surface area (Å²) in [5, 5.41) is 12.4. The van der Waals surface area contributed by atoms with Crippen LogP contribution in [0.15, 0.2) is 22.7 Å². The van der Waals surface area contributed by atoms with E-state index in [2.05, 4.69) is 42.0 Å². The van der Waals surface area contributed by atoms with Crippen molar-refractivity contribution in [2.24, 2.45) is 5.41 Å². The Morgan fingerprint density at radius 3 is 2.60 bits per heavy atom. The average molecular weight is 342 g/mol.